The molecule has 1 aromatic heterocycles. The van der Waals surface area contributed by atoms with Crippen LogP contribution >= 0.6 is 11.6 Å². The van der Waals surface area contributed by atoms with Crippen LogP contribution in [0.4, 0.5) is 5.82 Å². The number of nitrogens with one attached hydrogen (secondary N) is 1. The summed E-state index contributed by atoms with van der Waals surface area (Å²) in [5, 5.41) is 21.0. The zero-order valence-electron chi connectivity index (χ0n) is 9.00. The molecule has 0 bridgehead atoms. The predicted molar refractivity (Wildman–Crippen MR) is 61.1 cm³/mol. The van der Waals surface area contributed by atoms with Crippen molar-refractivity contribution < 1.29 is 5.11 Å². The van der Waals surface area contributed by atoms with Gasteiger partial charge >= 0.3 is 0 Å². The third-order valence-corrected chi connectivity index (χ3v) is 2.75. The highest BCUT2D eigenvalue weighted by molar-refractivity contribution is 6.29. The molecule has 0 atom stereocenters. The average molecular weight is 230 g/mol. The second-order valence-electron chi connectivity index (χ2n) is 3.53. The summed E-state index contributed by atoms with van der Waals surface area (Å²) in [5.74, 6) is 0.625. The van der Waals surface area contributed by atoms with Crippen LogP contribution in [0.1, 0.15) is 26.7 Å². The minimum Gasteiger partial charge on any atom is -0.388 e. The first-order chi connectivity index (χ1) is 7.09. The minimum atomic E-state index is -0.679. The number of hydrogen-bond donors (Lipinski definition) is 2. The number of aliphatic hydroxyl groups is 1. The van der Waals surface area contributed by atoms with Crippen molar-refractivity contribution in [2.75, 3.05) is 11.9 Å². The molecule has 4 nitrogen and oxygen atoms in total. The second kappa shape index (κ2) is 5.28. The van der Waals surface area contributed by atoms with E-state index in [2.05, 4.69) is 15.5 Å². The number of hydrogen-bond acceptors (Lipinski definition) is 4. The Bertz CT molecular complexity index is 298. The molecule has 0 saturated heterocycles. The van der Waals surface area contributed by atoms with Crippen molar-refractivity contribution in [1.29, 1.82) is 0 Å². The Balaban J connectivity index is 2.53. The van der Waals surface area contributed by atoms with Crippen molar-refractivity contribution in [3.8, 4) is 0 Å². The molecule has 0 aliphatic rings. The van der Waals surface area contributed by atoms with Crippen molar-refractivity contribution in [3.05, 3.63) is 17.3 Å². The molecule has 0 radical (unpaired) electrons. The van der Waals surface area contributed by atoms with E-state index in [1.54, 1.807) is 12.1 Å². The Labute approximate surface area is 94.7 Å². The van der Waals surface area contributed by atoms with Crippen LogP contribution in [-0.2, 0) is 0 Å². The normalized spacial score (nSPS) is 11.5. The molecule has 0 aliphatic heterocycles. The number of anilines is 1. The van der Waals surface area contributed by atoms with E-state index in [0.717, 1.165) is 0 Å². The van der Waals surface area contributed by atoms with Crippen molar-refractivity contribution in [2.24, 2.45) is 0 Å². The van der Waals surface area contributed by atoms with Crippen LogP contribution in [0.3, 0.4) is 0 Å². The van der Waals surface area contributed by atoms with Crippen LogP contribution in [0.15, 0.2) is 12.1 Å². The van der Waals surface area contributed by atoms with E-state index < -0.39 is 5.60 Å². The lowest BCUT2D eigenvalue weighted by molar-refractivity contribution is 0.0456. The first-order valence-electron chi connectivity index (χ1n) is 5.05. The lowest BCUT2D eigenvalue weighted by Crippen LogP contribution is -2.35. The summed E-state index contributed by atoms with van der Waals surface area (Å²) in [7, 11) is 0. The van der Waals surface area contributed by atoms with Crippen molar-refractivity contribution in [3.63, 3.8) is 0 Å². The molecular formula is C10H16ClN3O. The Morgan fingerprint density at radius 2 is 2.00 bits per heavy atom. The summed E-state index contributed by atoms with van der Waals surface area (Å²) in [5.41, 5.74) is -0.679. The highest BCUT2D eigenvalue weighted by atomic mass is 35.5. The quantitative estimate of drug-likeness (QED) is 0.812. The SMILES string of the molecule is CCC(O)(CC)CNc1ccc(Cl)nn1. The Morgan fingerprint density at radius 1 is 1.33 bits per heavy atom. The molecule has 0 aliphatic carbocycles. The maximum absolute atomic E-state index is 10.0. The standard InChI is InChI=1S/C10H16ClN3O/c1-3-10(15,4-2)7-12-9-6-5-8(11)13-14-9/h5-6,15H,3-4,7H2,1-2H3,(H,12,14). The number of nitrogens with zero attached hydrogens (tertiary/aromatic N) is 2. The van der Waals surface area contributed by atoms with Gasteiger partial charge in [-0.15, -0.1) is 10.2 Å². The maximum atomic E-state index is 10.0. The highest BCUT2D eigenvalue weighted by Crippen LogP contribution is 2.15. The maximum Gasteiger partial charge on any atom is 0.151 e. The van der Waals surface area contributed by atoms with Crippen molar-refractivity contribution in [1.82, 2.24) is 10.2 Å². The number of aromatic nitrogens is 2. The molecule has 5 heteroatoms. The van der Waals surface area contributed by atoms with Gasteiger partial charge in [0.15, 0.2) is 5.15 Å². The minimum absolute atomic E-state index is 0.363. The van der Waals surface area contributed by atoms with Crippen molar-refractivity contribution in [2.45, 2.75) is 32.3 Å². The lowest BCUT2D eigenvalue weighted by Gasteiger charge is -2.25. The third kappa shape index (κ3) is 3.64. The van der Waals surface area contributed by atoms with E-state index >= 15 is 0 Å². The molecule has 1 aromatic rings. The van der Waals surface area contributed by atoms with Gasteiger partial charge in [-0.1, -0.05) is 25.4 Å². The van der Waals surface area contributed by atoms with Gasteiger partial charge in [0.2, 0.25) is 0 Å². The monoisotopic (exact) mass is 229 g/mol. The Kier molecular flexibility index (Phi) is 4.29. The van der Waals surface area contributed by atoms with Crippen molar-refractivity contribution >= 4 is 17.4 Å². The van der Waals surface area contributed by atoms with Gasteiger partial charge in [0, 0.05) is 6.54 Å². The van der Waals surface area contributed by atoms with Gasteiger partial charge in [-0.25, -0.2) is 0 Å². The van der Waals surface area contributed by atoms with Gasteiger partial charge in [-0.2, -0.15) is 0 Å². The average Bonchev–Trinajstić information content (AvgIpc) is 2.28. The molecule has 15 heavy (non-hydrogen) atoms. The lowest BCUT2D eigenvalue weighted by atomic mass is 9.98. The molecule has 0 amide bonds. The summed E-state index contributed by atoms with van der Waals surface area (Å²) in [6.07, 6.45) is 1.41. The van der Waals surface area contributed by atoms with Gasteiger partial charge in [-0.3, -0.25) is 0 Å². The molecule has 2 N–H and O–H groups in total. The molecular weight excluding hydrogens is 214 g/mol. The third-order valence-electron chi connectivity index (χ3n) is 2.55. The van der Waals surface area contributed by atoms with E-state index in [1.807, 2.05) is 13.8 Å². The molecule has 1 heterocycles. The summed E-state index contributed by atoms with van der Waals surface area (Å²) >= 11 is 5.61. The van der Waals surface area contributed by atoms with Gasteiger partial charge in [0.1, 0.15) is 5.82 Å². The van der Waals surface area contributed by atoms with Crippen LogP contribution in [0.5, 0.6) is 0 Å². The number of halogens is 1. The van der Waals surface area contributed by atoms with E-state index in [0.29, 0.717) is 30.4 Å². The first-order valence-corrected chi connectivity index (χ1v) is 5.43. The summed E-state index contributed by atoms with van der Waals surface area (Å²) < 4.78 is 0. The molecule has 1 rings (SSSR count). The zero-order valence-corrected chi connectivity index (χ0v) is 9.75. The zero-order chi connectivity index (χ0) is 11.3. The fourth-order valence-corrected chi connectivity index (χ4v) is 1.27. The Hall–Kier alpha value is -0.870. The summed E-state index contributed by atoms with van der Waals surface area (Å²) in [6.45, 7) is 4.38. The van der Waals surface area contributed by atoms with Crippen LogP contribution in [0.2, 0.25) is 5.15 Å². The molecule has 0 fully saturated rings. The fraction of sp³-hybridized carbons (Fsp3) is 0.600. The largest absolute Gasteiger partial charge is 0.388 e. The molecule has 0 spiro atoms. The Morgan fingerprint density at radius 3 is 2.47 bits per heavy atom. The van der Waals surface area contributed by atoms with E-state index in [1.165, 1.54) is 0 Å². The van der Waals surface area contributed by atoms with Crippen LogP contribution in [0.25, 0.3) is 0 Å². The molecule has 84 valence electrons. The molecule has 0 unspecified atom stereocenters. The van der Waals surface area contributed by atoms with Crippen LogP contribution in [-0.4, -0.2) is 27.4 Å². The summed E-state index contributed by atoms with van der Waals surface area (Å²) in [6, 6.07) is 3.40. The van der Waals surface area contributed by atoms with E-state index in [9.17, 15) is 5.11 Å². The highest BCUT2D eigenvalue weighted by Gasteiger charge is 2.21. The van der Waals surface area contributed by atoms with Gasteiger partial charge in [0.05, 0.1) is 5.60 Å². The molecule has 0 aromatic carbocycles. The van der Waals surface area contributed by atoms with Gasteiger partial charge < -0.3 is 10.4 Å². The van der Waals surface area contributed by atoms with Gasteiger partial charge in [-0.05, 0) is 25.0 Å². The topological polar surface area (TPSA) is 58.0 Å². The smallest absolute Gasteiger partial charge is 0.151 e. The van der Waals surface area contributed by atoms with Crippen LogP contribution in [0, 0.1) is 0 Å². The fourth-order valence-electron chi connectivity index (χ4n) is 1.17. The first kappa shape index (κ1) is 12.2. The molecule has 0 saturated carbocycles. The predicted octanol–water partition coefficient (Wildman–Crippen LogP) is 2.09. The van der Waals surface area contributed by atoms with E-state index in [4.69, 9.17) is 11.6 Å². The number of rotatable bonds is 5. The second-order valence-corrected chi connectivity index (χ2v) is 3.91. The van der Waals surface area contributed by atoms with Gasteiger partial charge in [0.25, 0.3) is 0 Å². The van der Waals surface area contributed by atoms with E-state index in [-0.39, 0.29) is 0 Å². The summed E-state index contributed by atoms with van der Waals surface area (Å²) in [4.78, 5) is 0. The van der Waals surface area contributed by atoms with Crippen LogP contribution < -0.4 is 5.32 Å².